The maximum absolute atomic E-state index is 2.69. The number of hydrogen-bond donors (Lipinski definition) is 0. The fraction of sp³-hybridized carbons (Fsp3) is 1.00. The number of rotatable bonds is 1. The van der Waals surface area contributed by atoms with E-state index in [1.165, 1.54) is 19.5 Å². The number of piperazine rings is 1. The lowest BCUT2D eigenvalue weighted by Crippen LogP contribution is -2.54. The number of nitrogens with zero attached hydrogens (tertiary/aromatic N) is 2. The SMILES string of the molecule is CC(C)N1CCN(C(C)(C)C)C2CC21. The zero-order chi connectivity index (χ0) is 10.5. The Labute approximate surface area is 88.3 Å². The van der Waals surface area contributed by atoms with Crippen molar-refractivity contribution in [2.45, 2.75) is 64.7 Å². The average Bonchev–Trinajstić information content (AvgIpc) is 2.77. The van der Waals surface area contributed by atoms with E-state index in [9.17, 15) is 0 Å². The molecular formula is C12H24N2. The molecule has 0 aromatic rings. The Morgan fingerprint density at radius 3 is 2.21 bits per heavy atom. The molecule has 1 saturated heterocycles. The van der Waals surface area contributed by atoms with Crippen LogP contribution in [0.15, 0.2) is 0 Å². The molecule has 2 heteroatoms. The van der Waals surface area contributed by atoms with Gasteiger partial charge in [-0.3, -0.25) is 9.80 Å². The van der Waals surface area contributed by atoms with E-state index in [1.54, 1.807) is 0 Å². The summed E-state index contributed by atoms with van der Waals surface area (Å²) in [5.41, 5.74) is 0.364. The Morgan fingerprint density at radius 1 is 1.07 bits per heavy atom. The Morgan fingerprint density at radius 2 is 1.71 bits per heavy atom. The summed E-state index contributed by atoms with van der Waals surface area (Å²) in [5.74, 6) is 0. The van der Waals surface area contributed by atoms with Crippen molar-refractivity contribution in [2.24, 2.45) is 0 Å². The molecule has 0 N–H and O–H groups in total. The second kappa shape index (κ2) is 3.21. The molecule has 2 nitrogen and oxygen atoms in total. The minimum Gasteiger partial charge on any atom is -0.295 e. The minimum absolute atomic E-state index is 0.364. The highest BCUT2D eigenvalue weighted by molar-refractivity contribution is 5.09. The first-order valence-electron chi connectivity index (χ1n) is 5.94. The Bertz CT molecular complexity index is 217. The van der Waals surface area contributed by atoms with Crippen LogP contribution in [0.1, 0.15) is 41.0 Å². The van der Waals surface area contributed by atoms with Gasteiger partial charge in [0.15, 0.2) is 0 Å². The molecule has 0 aromatic heterocycles. The van der Waals surface area contributed by atoms with Crippen molar-refractivity contribution in [3.8, 4) is 0 Å². The van der Waals surface area contributed by atoms with Crippen molar-refractivity contribution in [3.63, 3.8) is 0 Å². The molecule has 2 atom stereocenters. The number of hydrogen-bond acceptors (Lipinski definition) is 2. The van der Waals surface area contributed by atoms with E-state index in [2.05, 4.69) is 44.4 Å². The van der Waals surface area contributed by atoms with E-state index < -0.39 is 0 Å². The van der Waals surface area contributed by atoms with E-state index >= 15 is 0 Å². The van der Waals surface area contributed by atoms with E-state index in [4.69, 9.17) is 0 Å². The standard InChI is InChI=1S/C12H24N2/c1-9(2)13-6-7-14(12(3,4)5)11-8-10(11)13/h9-11H,6-8H2,1-5H3. The van der Waals surface area contributed by atoms with Crippen LogP contribution in [0.25, 0.3) is 0 Å². The summed E-state index contributed by atoms with van der Waals surface area (Å²) in [6.07, 6.45) is 1.40. The van der Waals surface area contributed by atoms with Crippen LogP contribution in [0.2, 0.25) is 0 Å². The van der Waals surface area contributed by atoms with Gasteiger partial charge in [0, 0.05) is 36.8 Å². The first-order valence-corrected chi connectivity index (χ1v) is 5.94. The molecular weight excluding hydrogens is 172 g/mol. The highest BCUT2D eigenvalue weighted by Gasteiger charge is 2.51. The summed E-state index contributed by atoms with van der Waals surface area (Å²) >= 11 is 0. The Hall–Kier alpha value is -0.0800. The van der Waals surface area contributed by atoms with Crippen LogP contribution in [0.5, 0.6) is 0 Å². The molecule has 0 spiro atoms. The molecule has 2 rings (SSSR count). The molecule has 0 amide bonds. The van der Waals surface area contributed by atoms with Gasteiger partial charge in [0.25, 0.3) is 0 Å². The van der Waals surface area contributed by atoms with E-state index in [0.29, 0.717) is 5.54 Å². The lowest BCUT2D eigenvalue weighted by molar-refractivity contribution is 0.0452. The molecule has 1 heterocycles. The fourth-order valence-corrected chi connectivity index (χ4v) is 2.89. The van der Waals surface area contributed by atoms with Gasteiger partial charge in [-0.25, -0.2) is 0 Å². The molecule has 82 valence electrons. The zero-order valence-electron chi connectivity index (χ0n) is 10.2. The van der Waals surface area contributed by atoms with E-state index in [0.717, 1.165) is 18.1 Å². The second-order valence-corrected chi connectivity index (χ2v) is 6.07. The van der Waals surface area contributed by atoms with Crippen LogP contribution in [0, 0.1) is 0 Å². The van der Waals surface area contributed by atoms with Gasteiger partial charge in [-0.05, 0) is 41.0 Å². The molecule has 1 aliphatic heterocycles. The lowest BCUT2D eigenvalue weighted by atomic mass is 10.0. The predicted molar refractivity (Wildman–Crippen MR) is 60.5 cm³/mol. The van der Waals surface area contributed by atoms with Gasteiger partial charge in [-0.2, -0.15) is 0 Å². The van der Waals surface area contributed by atoms with Crippen molar-refractivity contribution in [2.75, 3.05) is 13.1 Å². The van der Waals surface area contributed by atoms with Crippen molar-refractivity contribution in [1.82, 2.24) is 9.80 Å². The molecule has 0 bridgehead atoms. The van der Waals surface area contributed by atoms with Crippen molar-refractivity contribution < 1.29 is 0 Å². The molecule has 2 aliphatic rings. The summed E-state index contributed by atoms with van der Waals surface area (Å²) in [7, 11) is 0. The predicted octanol–water partition coefficient (Wildman–Crippen LogP) is 1.95. The van der Waals surface area contributed by atoms with Crippen molar-refractivity contribution in [3.05, 3.63) is 0 Å². The van der Waals surface area contributed by atoms with Crippen LogP contribution in [0.4, 0.5) is 0 Å². The van der Waals surface area contributed by atoms with Gasteiger partial charge in [0.05, 0.1) is 0 Å². The normalized spacial score (nSPS) is 34.7. The maximum Gasteiger partial charge on any atom is 0.0273 e. The highest BCUT2D eigenvalue weighted by Crippen LogP contribution is 2.40. The second-order valence-electron chi connectivity index (χ2n) is 6.07. The summed E-state index contributed by atoms with van der Waals surface area (Å²) < 4.78 is 0. The summed E-state index contributed by atoms with van der Waals surface area (Å²) in [6, 6.07) is 2.45. The number of fused-ring (bicyclic) bond motifs is 1. The molecule has 14 heavy (non-hydrogen) atoms. The van der Waals surface area contributed by atoms with Crippen molar-refractivity contribution in [1.29, 1.82) is 0 Å². The molecule has 0 aromatic carbocycles. The minimum atomic E-state index is 0.364. The van der Waals surface area contributed by atoms with Gasteiger partial charge in [-0.15, -0.1) is 0 Å². The average molecular weight is 196 g/mol. The third-order valence-corrected chi connectivity index (χ3v) is 3.67. The van der Waals surface area contributed by atoms with Gasteiger partial charge in [0.1, 0.15) is 0 Å². The molecule has 1 aliphatic carbocycles. The zero-order valence-corrected chi connectivity index (χ0v) is 10.2. The monoisotopic (exact) mass is 196 g/mol. The van der Waals surface area contributed by atoms with Crippen LogP contribution in [-0.2, 0) is 0 Å². The van der Waals surface area contributed by atoms with Gasteiger partial charge < -0.3 is 0 Å². The summed E-state index contributed by atoms with van der Waals surface area (Å²) in [5, 5.41) is 0. The van der Waals surface area contributed by atoms with Crippen LogP contribution in [0.3, 0.4) is 0 Å². The molecule has 1 saturated carbocycles. The first-order chi connectivity index (χ1) is 6.41. The summed E-state index contributed by atoms with van der Waals surface area (Å²) in [4.78, 5) is 5.36. The van der Waals surface area contributed by atoms with Gasteiger partial charge >= 0.3 is 0 Å². The molecule has 2 fully saturated rings. The lowest BCUT2D eigenvalue weighted by Gasteiger charge is -2.43. The third-order valence-electron chi connectivity index (χ3n) is 3.67. The van der Waals surface area contributed by atoms with Gasteiger partial charge in [0.2, 0.25) is 0 Å². The van der Waals surface area contributed by atoms with E-state index in [1.807, 2.05) is 0 Å². The molecule has 2 unspecified atom stereocenters. The smallest absolute Gasteiger partial charge is 0.0273 e. The van der Waals surface area contributed by atoms with Crippen LogP contribution >= 0.6 is 0 Å². The highest BCUT2D eigenvalue weighted by atomic mass is 15.4. The topological polar surface area (TPSA) is 6.48 Å². The quantitative estimate of drug-likeness (QED) is 0.632. The molecule has 0 radical (unpaired) electrons. The van der Waals surface area contributed by atoms with Crippen LogP contribution in [-0.4, -0.2) is 46.6 Å². The first kappa shape index (κ1) is 10.4. The van der Waals surface area contributed by atoms with E-state index in [-0.39, 0.29) is 0 Å². The third kappa shape index (κ3) is 1.70. The van der Waals surface area contributed by atoms with Crippen LogP contribution < -0.4 is 0 Å². The summed E-state index contributed by atoms with van der Waals surface area (Å²) in [6.45, 7) is 14.2. The van der Waals surface area contributed by atoms with Gasteiger partial charge in [-0.1, -0.05) is 0 Å². The van der Waals surface area contributed by atoms with Crippen molar-refractivity contribution >= 4 is 0 Å². The largest absolute Gasteiger partial charge is 0.295 e. The Balaban J connectivity index is 2.00. The fourth-order valence-electron chi connectivity index (χ4n) is 2.89. The maximum atomic E-state index is 2.69. The Kier molecular flexibility index (Phi) is 2.39.